The molecule has 0 spiro atoms. The Bertz CT molecular complexity index is 7890. The molecule has 54 heteroatoms. The monoisotopic (exact) mass is 2100 g/mol. The van der Waals surface area contributed by atoms with E-state index in [0.29, 0.717) is 50.5 Å². The van der Waals surface area contributed by atoms with Crippen molar-refractivity contribution in [2.75, 3.05) is 99.9 Å². The molecule has 0 radical (unpaired) electrons. The minimum atomic E-state index is -5.81. The molecule has 2 amide bonds. The predicted molar refractivity (Wildman–Crippen MR) is 508 cm³/mol. The number of amides is 2. The van der Waals surface area contributed by atoms with E-state index in [0.717, 1.165) is 159 Å². The van der Waals surface area contributed by atoms with Crippen LogP contribution >= 0.6 is 46.9 Å². The number of benzene rings is 6. The molecular weight excluding hydrogens is 2010 g/mol. The summed E-state index contributed by atoms with van der Waals surface area (Å²) < 4.78 is 126. The Morgan fingerprint density at radius 1 is 0.507 bits per heavy atom. The summed E-state index contributed by atoms with van der Waals surface area (Å²) in [6.07, 6.45) is 1.41. The van der Waals surface area contributed by atoms with Crippen LogP contribution < -0.4 is 93.0 Å². The van der Waals surface area contributed by atoms with Gasteiger partial charge in [0.15, 0.2) is 11.3 Å². The molecule has 12 heterocycles. The maximum absolute atomic E-state index is 13.9. The highest BCUT2D eigenvalue weighted by molar-refractivity contribution is 7.67. The van der Waals surface area contributed by atoms with Gasteiger partial charge in [-0.25, -0.2) is 36.5 Å². The Kier molecular flexibility index (Phi) is 29.5. The smallest absolute Gasteiger partial charge is 0.490 e. The number of ether oxygens (including phenoxy) is 4. The second-order valence-corrected chi connectivity index (χ2v) is 43.3. The van der Waals surface area contributed by atoms with E-state index in [1.807, 2.05) is 24.3 Å². The Morgan fingerprint density at radius 3 is 1.34 bits per heavy atom. The lowest BCUT2D eigenvalue weighted by molar-refractivity contribution is -0.256. The van der Waals surface area contributed by atoms with Crippen LogP contribution in [-0.4, -0.2) is 205 Å². The molecule has 48 nitrogen and oxygen atoms in total. The molecule has 18 rings (SSSR count). The zero-order valence-electron chi connectivity index (χ0n) is 76.9. The highest BCUT2D eigenvalue weighted by Crippen LogP contribution is 2.68. The Hall–Kier alpha value is -12.0. The van der Waals surface area contributed by atoms with Crippen molar-refractivity contribution in [3.8, 4) is 46.7 Å². The van der Waals surface area contributed by atoms with Crippen molar-refractivity contribution in [1.29, 1.82) is 0 Å². The topological polar surface area (TPSA) is 701 Å². The highest BCUT2D eigenvalue weighted by atomic mass is 31.3. The standard InChI is InChI=1S/2C45H48N7O17P3/c1-3-50-14-6-9-24-16-30-35(19-32(24)50)66-36-20-33-25(10-7-15-51(33)4-2)17-31(36)40(30)29-18-26(11-12-28(29)44(56)57)42(54)47-13-5-8-27-22-52(41-39(27)43(55)49-45(46)48-41)38-21-34(53)37(67-38)23-65-71(61,62)69-72(63,64)68-70(58,59)60;1-3-50-14-6-9-24-16-30-35(19-32(24)50)66-36-20-33-25(10-7-15-51(33)4-2)17-31(36)40(30)28-12-11-26(18-29(28)44(56)57)42(54)47-13-5-8-27-22-52(41-39(27)43(55)49-45(46)48-41)38-21-34(53)37(67-38)23-65-71(61,62)69-72(63,64)68-70(58,59)60/h2*11-12,16-20,22,34,37-38,53H,3-4,6-7,9-10,13-15,21,23H2,1-2H3,(H8-,46,47,48,49,54,55,56,57,58,59,60,61,62,63,64)/t2*34-,37+,38+/m00/s1. The maximum Gasteiger partial charge on any atom is 0.490 e. The van der Waals surface area contributed by atoms with Crippen molar-refractivity contribution in [3.05, 3.63) is 217 Å². The van der Waals surface area contributed by atoms with Gasteiger partial charge in [-0.15, -0.1) is 0 Å². The first-order valence-corrected chi connectivity index (χ1v) is 54.4. The minimum absolute atomic E-state index is 0.00747. The summed E-state index contributed by atoms with van der Waals surface area (Å²) in [5.41, 5.74) is 20.0. The lowest BCUT2D eigenvalue weighted by Gasteiger charge is -2.33. The molecule has 0 aliphatic carbocycles. The maximum atomic E-state index is 13.9. The third-order valence-corrected chi connectivity index (χ3v) is 33.0. The highest BCUT2D eigenvalue weighted by Gasteiger charge is 2.47. The molecule has 760 valence electrons. The van der Waals surface area contributed by atoms with Crippen molar-refractivity contribution >= 4 is 127 Å². The average molecular weight is 2100 g/mol. The third-order valence-electron chi connectivity index (χ3n) is 25.4. The average Bonchev–Trinajstić information content (AvgIpc) is 0.881. The Morgan fingerprint density at radius 2 is 0.924 bits per heavy atom. The fraction of sp³-hybridized carbons (Fsp3) is 0.356. The number of nitrogens with zero attached hydrogens (tertiary/aromatic N) is 8. The van der Waals surface area contributed by atoms with Gasteiger partial charge in [-0.3, -0.25) is 38.2 Å². The van der Waals surface area contributed by atoms with Crippen molar-refractivity contribution in [2.24, 2.45) is 0 Å². The number of nitrogens with two attached hydrogens (primary N) is 2. The van der Waals surface area contributed by atoms with Crippen LogP contribution in [0, 0.1) is 23.7 Å². The number of hydrogen-bond acceptors (Lipinski definition) is 32. The summed E-state index contributed by atoms with van der Waals surface area (Å²) in [5, 5.41) is 56.3. The number of carbonyl (C=O) groups is 4. The number of rotatable bonds is 28. The summed E-state index contributed by atoms with van der Waals surface area (Å²) >= 11 is 0. The molecule has 0 bridgehead atoms. The van der Waals surface area contributed by atoms with E-state index in [1.54, 1.807) is 6.07 Å². The number of carboxylic acids is 2. The quantitative estimate of drug-likeness (QED) is 0.0189. The van der Waals surface area contributed by atoms with Crippen molar-refractivity contribution < 1.29 is 151 Å². The second-order valence-electron chi connectivity index (χ2n) is 34.5. The third kappa shape index (κ3) is 22.2. The first-order chi connectivity index (χ1) is 68.2. The van der Waals surface area contributed by atoms with Gasteiger partial charge in [-0.05, 0) is 137 Å². The number of carboxylic acid groups (broad SMARTS) is 2. The van der Waals surface area contributed by atoms with Crippen molar-refractivity contribution in [3.63, 3.8) is 0 Å². The largest absolute Gasteiger partial charge is 0.545 e. The Balaban J connectivity index is 0.000000198. The van der Waals surface area contributed by atoms with Gasteiger partial charge in [0.25, 0.3) is 22.9 Å². The lowest BCUT2D eigenvalue weighted by atomic mass is 9.85. The van der Waals surface area contributed by atoms with E-state index in [4.69, 9.17) is 50.0 Å². The van der Waals surface area contributed by atoms with Crippen LogP contribution in [0.1, 0.15) is 176 Å². The number of aryl methyl sites for hydroxylation is 4. The van der Waals surface area contributed by atoms with E-state index >= 15 is 0 Å². The number of anilines is 4. The molecule has 2 saturated heterocycles. The van der Waals surface area contributed by atoms with Crippen LogP contribution in [0.25, 0.3) is 33.2 Å². The molecule has 144 heavy (non-hydrogen) atoms. The summed E-state index contributed by atoms with van der Waals surface area (Å²) in [6, 6.07) is 25.0. The number of hydrogen-bond donors (Lipinski definition) is 16. The van der Waals surface area contributed by atoms with E-state index < -0.39 is 132 Å². The fourth-order valence-corrected chi connectivity index (χ4v) is 25.2. The van der Waals surface area contributed by atoms with Crippen LogP contribution in [0.15, 0.2) is 107 Å². The van der Waals surface area contributed by atoms with E-state index in [-0.39, 0.29) is 98.8 Å². The molecule has 10 atom stereocenters. The number of aromatic carboxylic acids is 2. The van der Waals surface area contributed by atoms with Gasteiger partial charge < -0.3 is 129 Å². The molecular formula is C90H96N14O34P6. The minimum Gasteiger partial charge on any atom is -0.545 e. The molecule has 4 aromatic heterocycles. The van der Waals surface area contributed by atoms with Gasteiger partial charge in [-0.1, -0.05) is 35.8 Å². The number of nitrogen functional groups attached to an aromatic ring is 2. The molecule has 18 N–H and O–H groups in total. The van der Waals surface area contributed by atoms with Crippen LogP contribution in [0.3, 0.4) is 0 Å². The number of carbonyl (C=O) groups excluding carboxylic acids is 4. The molecule has 2 fully saturated rings. The number of aromatic nitrogens is 6. The number of H-pyrrole nitrogens is 2. The number of phosphoric acid groups is 6. The van der Waals surface area contributed by atoms with Gasteiger partial charge >= 0.3 is 46.9 Å². The summed E-state index contributed by atoms with van der Waals surface area (Å²) in [6.45, 7) is 12.8. The van der Waals surface area contributed by atoms with Crippen LogP contribution in [-0.2, 0) is 88.8 Å². The van der Waals surface area contributed by atoms with Crippen LogP contribution in [0.5, 0.6) is 23.0 Å². The molecule has 8 aliphatic heterocycles. The molecule has 8 aliphatic rings. The number of aliphatic hydroxyl groups excluding tert-OH is 2. The second kappa shape index (κ2) is 41.1. The van der Waals surface area contributed by atoms with Crippen LogP contribution in [0.4, 0.5) is 23.3 Å². The zero-order valence-corrected chi connectivity index (χ0v) is 82.3. The van der Waals surface area contributed by atoms with Gasteiger partial charge in [0.1, 0.15) is 73.8 Å². The number of fused-ring (bicyclic) bond motifs is 10. The molecule has 10 aromatic rings. The normalized spacial score (nSPS) is 20.0. The van der Waals surface area contributed by atoms with E-state index in [2.05, 4.69) is 151 Å². The fourth-order valence-electron chi connectivity index (χ4n) is 19.2. The summed E-state index contributed by atoms with van der Waals surface area (Å²) in [7, 11) is -34.0. The number of aromatic amines is 2. The van der Waals surface area contributed by atoms with Crippen molar-refractivity contribution in [2.45, 2.75) is 129 Å². The number of phosphoric ester groups is 2. The predicted octanol–water partition coefficient (Wildman–Crippen LogP) is 2.05. The van der Waals surface area contributed by atoms with E-state index in [9.17, 15) is 96.2 Å². The summed E-state index contributed by atoms with van der Waals surface area (Å²) in [5.74, 6) is 8.75. The number of aliphatic hydroxyl groups is 2. The SMILES string of the molecule is CCN1CCCc2cc3c(cc21)Oc1cc2c(cc1=C3c1cc(C(=O)NCC#Cc3cn([C@H]4C[C@H](O)[C@@H](COP(=O)(O)OP(=O)(O)OP(=O)(O)O)O4)c4nc(N)[nH]c(=O)c34)ccc1C(=O)[O-])CCC[N+]=2CC.CCN1CCCc2cc3c(cc21)Oc1cc2c(cc1=C3c1ccc(C(=O)NCC#Cc3cn([C@H]4C[C@H](O)[C@@H](COP(=O)(O)OP(=O)(O)OP(=O)(O)O)O4)c4nc(N)[nH]c(=O)c34)cc1C(=O)[O-])CCC[N+]=2CC. The number of nitrogens with one attached hydrogen (secondary N) is 4. The van der Waals surface area contributed by atoms with Gasteiger partial charge in [0.2, 0.25) is 22.6 Å². The van der Waals surface area contributed by atoms with Crippen molar-refractivity contribution in [1.82, 2.24) is 48.9 Å². The molecule has 6 aromatic carbocycles. The van der Waals surface area contributed by atoms with Gasteiger partial charge in [0, 0.05) is 154 Å². The molecule has 4 unspecified atom stereocenters. The lowest BCUT2D eigenvalue weighted by Crippen LogP contribution is -2.39. The Labute approximate surface area is 815 Å². The van der Waals surface area contributed by atoms with Crippen LogP contribution in [0.2, 0.25) is 0 Å². The molecule has 0 saturated carbocycles. The first-order valence-electron chi connectivity index (χ1n) is 45.3. The zero-order chi connectivity index (χ0) is 103. The summed E-state index contributed by atoms with van der Waals surface area (Å²) in [4.78, 5) is 172. The van der Waals surface area contributed by atoms with Gasteiger partial charge in [0.05, 0.1) is 84.5 Å². The first kappa shape index (κ1) is 103. The van der Waals surface area contributed by atoms with E-state index in [1.165, 1.54) is 51.9 Å². The van der Waals surface area contributed by atoms with Gasteiger partial charge in [-0.2, -0.15) is 27.2 Å².